The fourth-order valence-corrected chi connectivity index (χ4v) is 4.12. The smallest absolute Gasteiger partial charge is 0.225 e. The number of benzene rings is 1. The second-order valence-electron chi connectivity index (χ2n) is 7.30. The third kappa shape index (κ3) is 4.68. The van der Waals surface area contributed by atoms with Crippen LogP contribution in [0.15, 0.2) is 41.0 Å². The predicted molar refractivity (Wildman–Crippen MR) is 112 cm³/mol. The number of hydrogen-bond donors (Lipinski definition) is 1. The van der Waals surface area contributed by atoms with Crippen LogP contribution < -0.4 is 10.2 Å². The van der Waals surface area contributed by atoms with Crippen molar-refractivity contribution in [3.63, 3.8) is 0 Å². The van der Waals surface area contributed by atoms with Crippen molar-refractivity contribution in [1.82, 2.24) is 9.88 Å². The topological polar surface area (TPSA) is 48.5 Å². The van der Waals surface area contributed by atoms with Crippen LogP contribution in [-0.4, -0.2) is 48.5 Å². The molecule has 1 fully saturated rings. The summed E-state index contributed by atoms with van der Waals surface area (Å²) in [7, 11) is 0. The Hall–Kier alpha value is -1.92. The summed E-state index contributed by atoms with van der Waals surface area (Å²) < 4.78 is 0.999. The zero-order valence-corrected chi connectivity index (χ0v) is 17.0. The van der Waals surface area contributed by atoms with Crippen LogP contribution in [0.3, 0.4) is 0 Å². The van der Waals surface area contributed by atoms with E-state index in [0.29, 0.717) is 6.42 Å². The Kier molecular flexibility index (Phi) is 5.74. The Morgan fingerprint density at radius 1 is 1.07 bits per heavy atom. The van der Waals surface area contributed by atoms with Gasteiger partial charge in [-0.2, -0.15) is 0 Å². The summed E-state index contributed by atoms with van der Waals surface area (Å²) >= 11 is 3.42. The van der Waals surface area contributed by atoms with E-state index in [1.807, 2.05) is 24.4 Å². The Morgan fingerprint density at radius 2 is 1.89 bits per heavy atom. The van der Waals surface area contributed by atoms with Gasteiger partial charge < -0.3 is 10.2 Å². The van der Waals surface area contributed by atoms with Gasteiger partial charge in [0, 0.05) is 55.5 Å². The first-order valence-corrected chi connectivity index (χ1v) is 10.5. The second kappa shape index (κ2) is 8.40. The fraction of sp³-hybridized carbons (Fsp3) is 0.429. The largest absolute Gasteiger partial charge is 0.354 e. The van der Waals surface area contributed by atoms with Gasteiger partial charge in [0.25, 0.3) is 0 Å². The van der Waals surface area contributed by atoms with Crippen LogP contribution in [0, 0.1) is 0 Å². The number of pyridine rings is 1. The standard InChI is InChI=1S/C21H25BrN4O/c22-18-5-7-20(23-15-18)26-12-10-25(11-13-26)9-8-21(27)24-19-6-4-16-2-1-3-17(16)14-19/h4-7,14-15H,1-3,8-13H2,(H,24,27). The molecule has 1 aliphatic carbocycles. The first-order valence-electron chi connectivity index (χ1n) is 9.68. The molecule has 1 amide bonds. The van der Waals surface area contributed by atoms with Crippen molar-refractivity contribution in [2.75, 3.05) is 42.9 Å². The molecule has 0 saturated carbocycles. The number of carbonyl (C=O) groups excluding carboxylic acids is 1. The lowest BCUT2D eigenvalue weighted by Crippen LogP contribution is -2.47. The maximum Gasteiger partial charge on any atom is 0.225 e. The molecule has 2 heterocycles. The minimum absolute atomic E-state index is 0.102. The van der Waals surface area contributed by atoms with Gasteiger partial charge in [-0.25, -0.2) is 4.98 Å². The van der Waals surface area contributed by atoms with Gasteiger partial charge in [-0.05, 0) is 70.6 Å². The molecule has 2 aromatic rings. The number of carbonyl (C=O) groups is 1. The SMILES string of the molecule is O=C(CCN1CCN(c2ccc(Br)cn2)CC1)Nc1ccc2c(c1)CCC2. The predicted octanol–water partition coefficient (Wildman–Crippen LogP) is 3.48. The molecule has 1 aliphatic heterocycles. The van der Waals surface area contributed by atoms with Crippen molar-refractivity contribution in [1.29, 1.82) is 0 Å². The molecule has 27 heavy (non-hydrogen) atoms. The molecule has 0 atom stereocenters. The van der Waals surface area contributed by atoms with E-state index in [9.17, 15) is 4.79 Å². The van der Waals surface area contributed by atoms with Gasteiger partial charge in [0.15, 0.2) is 0 Å². The molecule has 0 bridgehead atoms. The van der Waals surface area contributed by atoms with E-state index in [4.69, 9.17) is 0 Å². The van der Waals surface area contributed by atoms with Crippen molar-refractivity contribution < 1.29 is 4.79 Å². The molecule has 1 saturated heterocycles. The molecule has 6 heteroatoms. The maximum absolute atomic E-state index is 12.3. The Bertz CT molecular complexity index is 800. The van der Waals surface area contributed by atoms with Gasteiger partial charge in [-0.3, -0.25) is 9.69 Å². The molecule has 2 aliphatic rings. The number of rotatable bonds is 5. The van der Waals surface area contributed by atoms with E-state index >= 15 is 0 Å². The first-order chi connectivity index (χ1) is 13.2. The highest BCUT2D eigenvalue weighted by atomic mass is 79.9. The number of nitrogens with one attached hydrogen (secondary N) is 1. The average Bonchev–Trinajstić information content (AvgIpc) is 3.15. The lowest BCUT2D eigenvalue weighted by Gasteiger charge is -2.35. The van der Waals surface area contributed by atoms with Gasteiger partial charge in [-0.1, -0.05) is 6.07 Å². The van der Waals surface area contributed by atoms with Crippen LogP contribution >= 0.6 is 15.9 Å². The van der Waals surface area contributed by atoms with Crippen LogP contribution in [0.1, 0.15) is 24.0 Å². The van der Waals surface area contributed by atoms with E-state index < -0.39 is 0 Å². The minimum atomic E-state index is 0.102. The molecule has 4 rings (SSSR count). The summed E-state index contributed by atoms with van der Waals surface area (Å²) in [5.74, 6) is 1.12. The molecular formula is C21H25BrN4O. The number of aromatic nitrogens is 1. The summed E-state index contributed by atoms with van der Waals surface area (Å²) in [6, 6.07) is 10.4. The zero-order chi connectivity index (χ0) is 18.6. The van der Waals surface area contributed by atoms with Crippen molar-refractivity contribution in [2.24, 2.45) is 0 Å². The fourth-order valence-electron chi connectivity index (χ4n) is 3.89. The van der Waals surface area contributed by atoms with Gasteiger partial charge in [0.1, 0.15) is 5.82 Å². The molecular weight excluding hydrogens is 404 g/mol. The summed E-state index contributed by atoms with van der Waals surface area (Å²) in [6.45, 7) is 4.62. The summed E-state index contributed by atoms with van der Waals surface area (Å²) in [5.41, 5.74) is 3.77. The highest BCUT2D eigenvalue weighted by Gasteiger charge is 2.19. The number of anilines is 2. The third-order valence-electron chi connectivity index (χ3n) is 5.45. The highest BCUT2D eigenvalue weighted by molar-refractivity contribution is 9.10. The zero-order valence-electron chi connectivity index (χ0n) is 15.5. The van der Waals surface area contributed by atoms with E-state index in [1.54, 1.807) is 0 Å². The van der Waals surface area contributed by atoms with Crippen molar-refractivity contribution in [3.05, 3.63) is 52.1 Å². The molecule has 142 valence electrons. The molecule has 0 radical (unpaired) electrons. The Labute approximate surface area is 168 Å². The highest BCUT2D eigenvalue weighted by Crippen LogP contribution is 2.25. The third-order valence-corrected chi connectivity index (χ3v) is 5.91. The normalized spacial score (nSPS) is 17.0. The number of aryl methyl sites for hydroxylation is 2. The van der Waals surface area contributed by atoms with Crippen molar-refractivity contribution >= 4 is 33.3 Å². The van der Waals surface area contributed by atoms with Crippen molar-refractivity contribution in [2.45, 2.75) is 25.7 Å². The molecule has 1 N–H and O–H groups in total. The van der Waals surface area contributed by atoms with Gasteiger partial charge in [-0.15, -0.1) is 0 Å². The number of piperazine rings is 1. The number of halogens is 1. The van der Waals surface area contributed by atoms with Crippen LogP contribution in [0.25, 0.3) is 0 Å². The van der Waals surface area contributed by atoms with E-state index in [2.05, 4.69) is 48.2 Å². The van der Waals surface area contributed by atoms with E-state index in [1.165, 1.54) is 24.0 Å². The number of fused-ring (bicyclic) bond motifs is 1. The van der Waals surface area contributed by atoms with E-state index in [0.717, 1.165) is 55.1 Å². The lowest BCUT2D eigenvalue weighted by molar-refractivity contribution is -0.116. The number of amides is 1. The van der Waals surface area contributed by atoms with Crippen molar-refractivity contribution in [3.8, 4) is 0 Å². The average molecular weight is 429 g/mol. The maximum atomic E-state index is 12.3. The van der Waals surface area contributed by atoms with Gasteiger partial charge >= 0.3 is 0 Å². The molecule has 1 aromatic heterocycles. The summed E-state index contributed by atoms with van der Waals surface area (Å²) in [5, 5.41) is 3.06. The number of nitrogens with zero attached hydrogens (tertiary/aromatic N) is 3. The van der Waals surface area contributed by atoms with Crippen LogP contribution in [-0.2, 0) is 17.6 Å². The minimum Gasteiger partial charge on any atom is -0.354 e. The molecule has 5 nitrogen and oxygen atoms in total. The number of hydrogen-bond acceptors (Lipinski definition) is 4. The summed E-state index contributed by atoms with van der Waals surface area (Å²) in [6.07, 6.45) is 5.91. The molecule has 0 spiro atoms. The quantitative estimate of drug-likeness (QED) is 0.791. The molecule has 1 aromatic carbocycles. The Morgan fingerprint density at radius 3 is 2.67 bits per heavy atom. The monoisotopic (exact) mass is 428 g/mol. The van der Waals surface area contributed by atoms with E-state index in [-0.39, 0.29) is 5.91 Å². The van der Waals surface area contributed by atoms with Crippen LogP contribution in [0.4, 0.5) is 11.5 Å². The summed E-state index contributed by atoms with van der Waals surface area (Å²) in [4.78, 5) is 21.4. The lowest BCUT2D eigenvalue weighted by atomic mass is 10.1. The van der Waals surface area contributed by atoms with Gasteiger partial charge in [0.2, 0.25) is 5.91 Å². The van der Waals surface area contributed by atoms with Crippen LogP contribution in [0.2, 0.25) is 0 Å². The van der Waals surface area contributed by atoms with Crippen LogP contribution in [0.5, 0.6) is 0 Å². The first kappa shape index (κ1) is 18.4. The Balaban J connectivity index is 1.21. The second-order valence-corrected chi connectivity index (χ2v) is 8.21. The molecule has 0 unspecified atom stereocenters. The van der Waals surface area contributed by atoms with Gasteiger partial charge in [0.05, 0.1) is 0 Å².